The molecule has 178 valence electrons. The van der Waals surface area contributed by atoms with Crippen LogP contribution in [-0.4, -0.2) is 41.1 Å². The number of amides is 1. The van der Waals surface area contributed by atoms with Gasteiger partial charge in [0.1, 0.15) is 12.4 Å². The first-order valence-electron chi connectivity index (χ1n) is 10.3. The van der Waals surface area contributed by atoms with Crippen molar-refractivity contribution in [2.24, 2.45) is 4.99 Å². The van der Waals surface area contributed by atoms with Gasteiger partial charge in [-0.05, 0) is 44.5 Å². The lowest BCUT2D eigenvalue weighted by Crippen LogP contribution is -2.38. The Morgan fingerprint density at radius 1 is 1.09 bits per heavy atom. The first kappa shape index (κ1) is 26.4. The number of aryl methyl sites for hydroxylation is 2. The van der Waals surface area contributed by atoms with Crippen molar-refractivity contribution in [2.75, 3.05) is 25.0 Å². The molecular formula is C22H26F3IN6O. The molecule has 11 heteroatoms. The lowest BCUT2D eigenvalue weighted by molar-refractivity contribution is -0.114. The average Bonchev–Trinajstić information content (AvgIpc) is 3.10. The first-order valence-corrected chi connectivity index (χ1v) is 10.3. The van der Waals surface area contributed by atoms with Crippen LogP contribution in [0.1, 0.15) is 19.2 Å². The van der Waals surface area contributed by atoms with E-state index in [9.17, 15) is 18.0 Å². The van der Waals surface area contributed by atoms with Crippen molar-refractivity contribution in [2.45, 2.75) is 26.8 Å². The highest BCUT2D eigenvalue weighted by Crippen LogP contribution is 2.19. The molecule has 0 saturated heterocycles. The highest BCUT2D eigenvalue weighted by atomic mass is 127. The van der Waals surface area contributed by atoms with Crippen molar-refractivity contribution in [1.82, 2.24) is 20.2 Å². The Morgan fingerprint density at radius 2 is 1.85 bits per heavy atom. The number of aliphatic imine (C=N–C) groups is 1. The summed E-state index contributed by atoms with van der Waals surface area (Å²) in [7, 11) is 0. The molecule has 33 heavy (non-hydrogen) atoms. The van der Waals surface area contributed by atoms with E-state index in [1.165, 1.54) is 0 Å². The molecule has 7 nitrogen and oxygen atoms in total. The van der Waals surface area contributed by atoms with E-state index in [4.69, 9.17) is 0 Å². The molecular weight excluding hydrogens is 548 g/mol. The standard InChI is InChI=1S/C22H25F3N6O.HI/c1-3-26-22(28-13-19(32)30-17-10-9-15(23)20(24)21(17)25)27-11-6-12-31-14(2)29-16-7-4-5-8-18(16)31;/h4-5,7-10H,3,6,11-13H2,1-2H3,(H,30,32)(H2,26,27,28);1H. The van der Waals surface area contributed by atoms with E-state index in [1.807, 2.05) is 38.1 Å². The minimum absolute atomic E-state index is 0. The number of guanidine groups is 1. The second-order valence-corrected chi connectivity index (χ2v) is 7.05. The molecule has 0 aliphatic heterocycles. The Bertz CT molecular complexity index is 1130. The average molecular weight is 574 g/mol. The highest BCUT2D eigenvalue weighted by molar-refractivity contribution is 14.0. The molecule has 0 aliphatic rings. The zero-order chi connectivity index (χ0) is 23.1. The lowest BCUT2D eigenvalue weighted by atomic mass is 10.3. The van der Waals surface area contributed by atoms with Gasteiger partial charge < -0.3 is 20.5 Å². The van der Waals surface area contributed by atoms with Gasteiger partial charge in [0.2, 0.25) is 5.91 Å². The van der Waals surface area contributed by atoms with Gasteiger partial charge in [0, 0.05) is 19.6 Å². The van der Waals surface area contributed by atoms with Crippen molar-refractivity contribution in [3.8, 4) is 0 Å². The number of carbonyl (C=O) groups is 1. The molecule has 0 aliphatic carbocycles. The summed E-state index contributed by atoms with van der Waals surface area (Å²) in [5, 5.41) is 8.35. The normalized spacial score (nSPS) is 11.2. The van der Waals surface area contributed by atoms with Gasteiger partial charge in [-0.25, -0.2) is 23.1 Å². The fourth-order valence-corrected chi connectivity index (χ4v) is 3.23. The predicted molar refractivity (Wildman–Crippen MR) is 133 cm³/mol. The van der Waals surface area contributed by atoms with Crippen molar-refractivity contribution >= 4 is 52.6 Å². The molecule has 1 amide bonds. The summed E-state index contributed by atoms with van der Waals surface area (Å²) in [5.74, 6) is -3.71. The third-order valence-corrected chi connectivity index (χ3v) is 4.73. The van der Waals surface area contributed by atoms with Crippen LogP contribution in [0.15, 0.2) is 41.4 Å². The number of hydrogen-bond donors (Lipinski definition) is 3. The SMILES string of the molecule is CCNC(=NCC(=O)Nc1ccc(F)c(F)c1F)NCCCn1c(C)nc2ccccc21.I. The number of fused-ring (bicyclic) bond motifs is 1. The van der Waals surface area contributed by atoms with E-state index in [0.29, 0.717) is 19.0 Å². The molecule has 1 aromatic heterocycles. The van der Waals surface area contributed by atoms with Gasteiger partial charge in [-0.1, -0.05) is 12.1 Å². The largest absolute Gasteiger partial charge is 0.357 e. The maximum absolute atomic E-state index is 13.7. The number of aromatic nitrogens is 2. The lowest BCUT2D eigenvalue weighted by Gasteiger charge is -2.12. The van der Waals surface area contributed by atoms with Gasteiger partial charge in [-0.3, -0.25) is 4.79 Å². The predicted octanol–water partition coefficient (Wildman–Crippen LogP) is 3.96. The Hall–Kier alpha value is -2.83. The summed E-state index contributed by atoms with van der Waals surface area (Å²) in [6.45, 7) is 5.46. The summed E-state index contributed by atoms with van der Waals surface area (Å²) >= 11 is 0. The topological polar surface area (TPSA) is 83.3 Å². The molecule has 0 atom stereocenters. The number of carbonyl (C=O) groups excluding carboxylic acids is 1. The Kier molecular flexibility index (Phi) is 9.95. The second-order valence-electron chi connectivity index (χ2n) is 7.05. The van der Waals surface area contributed by atoms with E-state index in [0.717, 1.165) is 42.0 Å². The number of rotatable bonds is 8. The number of halogens is 4. The van der Waals surface area contributed by atoms with Crippen LogP contribution in [0, 0.1) is 24.4 Å². The number of benzene rings is 2. The van der Waals surface area contributed by atoms with Crippen molar-refractivity contribution in [1.29, 1.82) is 0 Å². The van der Waals surface area contributed by atoms with Crippen molar-refractivity contribution < 1.29 is 18.0 Å². The molecule has 3 aromatic rings. The van der Waals surface area contributed by atoms with Gasteiger partial charge in [-0.2, -0.15) is 0 Å². The molecule has 0 fully saturated rings. The van der Waals surface area contributed by atoms with Crippen LogP contribution in [0.3, 0.4) is 0 Å². The Labute approximate surface area is 206 Å². The second kappa shape index (κ2) is 12.4. The highest BCUT2D eigenvalue weighted by Gasteiger charge is 2.15. The zero-order valence-electron chi connectivity index (χ0n) is 18.3. The number of anilines is 1. The minimum Gasteiger partial charge on any atom is -0.357 e. The third-order valence-electron chi connectivity index (χ3n) is 4.73. The van der Waals surface area contributed by atoms with Crippen molar-refractivity contribution in [3.05, 3.63) is 59.7 Å². The van der Waals surface area contributed by atoms with Crippen LogP contribution in [0.2, 0.25) is 0 Å². The van der Waals surface area contributed by atoms with Crippen LogP contribution in [0.5, 0.6) is 0 Å². The molecule has 2 aromatic carbocycles. The van der Waals surface area contributed by atoms with Crippen LogP contribution in [0.25, 0.3) is 11.0 Å². The monoisotopic (exact) mass is 574 g/mol. The summed E-state index contributed by atoms with van der Waals surface area (Å²) in [6.07, 6.45) is 0.790. The molecule has 3 rings (SSSR count). The zero-order valence-corrected chi connectivity index (χ0v) is 20.6. The number of nitrogens with zero attached hydrogens (tertiary/aromatic N) is 3. The maximum atomic E-state index is 13.7. The van der Waals surface area contributed by atoms with E-state index in [-0.39, 0.29) is 30.5 Å². The molecule has 0 radical (unpaired) electrons. The van der Waals surface area contributed by atoms with E-state index < -0.39 is 29.0 Å². The summed E-state index contributed by atoms with van der Waals surface area (Å²) in [6, 6.07) is 9.64. The Balaban J connectivity index is 0.00000385. The van der Waals surface area contributed by atoms with E-state index in [2.05, 4.69) is 30.5 Å². The number of imidazole rings is 1. The summed E-state index contributed by atoms with van der Waals surface area (Å²) < 4.78 is 42.1. The first-order chi connectivity index (χ1) is 15.4. The van der Waals surface area contributed by atoms with Crippen LogP contribution < -0.4 is 16.0 Å². The quantitative estimate of drug-likeness (QED) is 0.125. The number of hydrogen-bond acceptors (Lipinski definition) is 3. The van der Waals surface area contributed by atoms with Gasteiger partial charge in [0.15, 0.2) is 23.4 Å². The molecule has 0 spiro atoms. The summed E-state index contributed by atoms with van der Waals surface area (Å²) in [4.78, 5) is 20.8. The van der Waals surface area contributed by atoms with Crippen LogP contribution in [-0.2, 0) is 11.3 Å². The fourth-order valence-electron chi connectivity index (χ4n) is 3.23. The van der Waals surface area contributed by atoms with Gasteiger partial charge >= 0.3 is 0 Å². The van der Waals surface area contributed by atoms with Gasteiger partial charge in [-0.15, -0.1) is 24.0 Å². The van der Waals surface area contributed by atoms with Gasteiger partial charge in [0.05, 0.1) is 16.7 Å². The molecule has 0 unspecified atom stereocenters. The number of nitrogens with one attached hydrogen (secondary N) is 3. The maximum Gasteiger partial charge on any atom is 0.246 e. The van der Waals surface area contributed by atoms with Gasteiger partial charge in [0.25, 0.3) is 0 Å². The van der Waals surface area contributed by atoms with E-state index >= 15 is 0 Å². The van der Waals surface area contributed by atoms with Crippen molar-refractivity contribution in [3.63, 3.8) is 0 Å². The molecule has 0 saturated carbocycles. The number of para-hydroxylation sites is 2. The molecule has 0 bridgehead atoms. The smallest absolute Gasteiger partial charge is 0.246 e. The molecule has 3 N–H and O–H groups in total. The van der Waals surface area contributed by atoms with Crippen LogP contribution >= 0.6 is 24.0 Å². The van der Waals surface area contributed by atoms with Crippen LogP contribution in [0.4, 0.5) is 18.9 Å². The minimum atomic E-state index is -1.64. The summed E-state index contributed by atoms with van der Waals surface area (Å²) in [5.41, 5.74) is 1.59. The Morgan fingerprint density at radius 3 is 2.61 bits per heavy atom. The molecule has 1 heterocycles. The van der Waals surface area contributed by atoms with E-state index in [1.54, 1.807) is 0 Å². The fraction of sp³-hybridized carbons (Fsp3) is 0.318. The third kappa shape index (κ3) is 6.83.